The van der Waals surface area contributed by atoms with Gasteiger partial charge in [0.1, 0.15) is 8.07 Å². The predicted molar refractivity (Wildman–Crippen MR) is 83.3 cm³/mol. The predicted octanol–water partition coefficient (Wildman–Crippen LogP) is 4.82. The molecule has 0 bridgehead atoms. The first-order valence-corrected chi connectivity index (χ1v) is 9.43. The van der Waals surface area contributed by atoms with Crippen LogP contribution >= 0.6 is 0 Å². The second-order valence-corrected chi connectivity index (χ2v) is 12.2. The standard InChI is InChI=1S/C16H30OSi/c1-12(2)11-16(17)9-10-18(13(3)4,14(5)6)15(7)8/h12-15H,11H2,1-8H3. The maximum atomic E-state index is 11.8. The molecule has 0 heterocycles. The Labute approximate surface area is 115 Å². The summed E-state index contributed by atoms with van der Waals surface area (Å²) in [4.78, 5) is 11.8. The van der Waals surface area contributed by atoms with E-state index in [0.717, 1.165) is 0 Å². The van der Waals surface area contributed by atoms with Crippen LogP contribution < -0.4 is 0 Å². The van der Waals surface area contributed by atoms with Crippen LogP contribution in [0.2, 0.25) is 16.6 Å². The normalized spacial score (nSPS) is 12.2. The summed E-state index contributed by atoms with van der Waals surface area (Å²) in [5, 5.41) is 0. The summed E-state index contributed by atoms with van der Waals surface area (Å²) in [6.07, 6.45) is 0.589. The third kappa shape index (κ3) is 4.28. The van der Waals surface area contributed by atoms with Crippen molar-refractivity contribution < 1.29 is 4.79 Å². The van der Waals surface area contributed by atoms with Crippen molar-refractivity contribution in [1.82, 2.24) is 0 Å². The molecule has 18 heavy (non-hydrogen) atoms. The van der Waals surface area contributed by atoms with Crippen LogP contribution in [-0.4, -0.2) is 13.9 Å². The Morgan fingerprint density at radius 2 is 1.28 bits per heavy atom. The molecular weight excluding hydrogens is 236 g/mol. The number of carbonyl (C=O) groups is 1. The van der Waals surface area contributed by atoms with Crippen molar-refractivity contribution in [2.24, 2.45) is 5.92 Å². The first-order valence-electron chi connectivity index (χ1n) is 7.20. The lowest BCUT2D eigenvalue weighted by atomic mass is 10.1. The van der Waals surface area contributed by atoms with Gasteiger partial charge in [0.05, 0.1) is 0 Å². The van der Waals surface area contributed by atoms with Crippen LogP contribution in [0.5, 0.6) is 0 Å². The van der Waals surface area contributed by atoms with Crippen molar-refractivity contribution in [1.29, 1.82) is 0 Å². The fraction of sp³-hybridized carbons (Fsp3) is 0.812. The molecule has 0 N–H and O–H groups in total. The number of hydrogen-bond acceptors (Lipinski definition) is 1. The molecule has 1 nitrogen and oxygen atoms in total. The largest absolute Gasteiger partial charge is 0.285 e. The van der Waals surface area contributed by atoms with Gasteiger partial charge in [0.2, 0.25) is 5.78 Å². The van der Waals surface area contributed by atoms with Crippen LogP contribution in [0, 0.1) is 17.4 Å². The van der Waals surface area contributed by atoms with Crippen molar-refractivity contribution in [2.75, 3.05) is 0 Å². The van der Waals surface area contributed by atoms with E-state index in [1.165, 1.54) is 0 Å². The Kier molecular flexibility index (Phi) is 6.92. The molecule has 0 atom stereocenters. The zero-order valence-electron chi connectivity index (χ0n) is 13.4. The van der Waals surface area contributed by atoms with Crippen molar-refractivity contribution in [3.63, 3.8) is 0 Å². The first kappa shape index (κ1) is 17.4. The summed E-state index contributed by atoms with van der Waals surface area (Å²) in [7, 11) is -1.72. The molecule has 0 aliphatic rings. The molecular formula is C16H30OSi. The van der Waals surface area contributed by atoms with E-state index < -0.39 is 8.07 Å². The maximum absolute atomic E-state index is 11.8. The molecule has 0 fully saturated rings. The lowest BCUT2D eigenvalue weighted by Crippen LogP contribution is -2.43. The lowest BCUT2D eigenvalue weighted by Gasteiger charge is -2.37. The minimum Gasteiger partial charge on any atom is -0.285 e. The molecule has 0 saturated carbocycles. The van der Waals surface area contributed by atoms with E-state index >= 15 is 0 Å². The van der Waals surface area contributed by atoms with E-state index in [1.807, 2.05) is 0 Å². The third-order valence-electron chi connectivity index (χ3n) is 3.88. The third-order valence-corrected chi connectivity index (χ3v) is 10.2. The molecule has 0 radical (unpaired) electrons. The van der Waals surface area contributed by atoms with Gasteiger partial charge in [0.15, 0.2) is 0 Å². The highest BCUT2D eigenvalue weighted by Crippen LogP contribution is 2.40. The maximum Gasteiger partial charge on any atom is 0.205 e. The summed E-state index contributed by atoms with van der Waals surface area (Å²) in [5.74, 6) is 3.49. The molecule has 0 saturated heterocycles. The van der Waals surface area contributed by atoms with Crippen LogP contribution in [0.25, 0.3) is 0 Å². The molecule has 0 spiro atoms. The molecule has 0 unspecified atom stereocenters. The highest BCUT2D eigenvalue weighted by molar-refractivity contribution is 6.90. The van der Waals surface area contributed by atoms with Crippen molar-refractivity contribution >= 4 is 13.9 Å². The topological polar surface area (TPSA) is 17.1 Å². The average Bonchev–Trinajstić information content (AvgIpc) is 2.15. The van der Waals surface area contributed by atoms with E-state index in [4.69, 9.17) is 0 Å². The summed E-state index contributed by atoms with van der Waals surface area (Å²) in [5.41, 5.74) is 5.26. The number of rotatable bonds is 5. The minimum absolute atomic E-state index is 0.115. The summed E-state index contributed by atoms with van der Waals surface area (Å²) in [6.45, 7) is 17.8. The lowest BCUT2D eigenvalue weighted by molar-refractivity contribution is -0.114. The Hall–Kier alpha value is -0.553. The fourth-order valence-electron chi connectivity index (χ4n) is 3.03. The number of carbonyl (C=O) groups excluding carboxylic acids is 1. The van der Waals surface area contributed by atoms with Crippen molar-refractivity contribution in [3.05, 3.63) is 0 Å². The summed E-state index contributed by atoms with van der Waals surface area (Å²) < 4.78 is 0. The molecule has 0 aliphatic heterocycles. The molecule has 0 amide bonds. The van der Waals surface area contributed by atoms with Gasteiger partial charge in [-0.15, -0.1) is 5.54 Å². The smallest absolute Gasteiger partial charge is 0.205 e. The Balaban J connectivity index is 5.26. The van der Waals surface area contributed by atoms with Crippen molar-refractivity contribution in [3.8, 4) is 11.5 Å². The van der Waals surface area contributed by atoms with E-state index in [-0.39, 0.29) is 5.78 Å². The van der Waals surface area contributed by atoms with Gasteiger partial charge in [-0.05, 0) is 28.5 Å². The number of hydrogen-bond donors (Lipinski definition) is 0. The molecule has 0 aromatic rings. The van der Waals surface area contributed by atoms with Crippen LogP contribution in [0.4, 0.5) is 0 Å². The van der Waals surface area contributed by atoms with E-state index in [2.05, 4.69) is 66.9 Å². The van der Waals surface area contributed by atoms with Gasteiger partial charge < -0.3 is 0 Å². The molecule has 2 heteroatoms. The van der Waals surface area contributed by atoms with Gasteiger partial charge in [0, 0.05) is 6.42 Å². The molecule has 0 rings (SSSR count). The second kappa shape index (κ2) is 7.14. The quantitative estimate of drug-likeness (QED) is 0.515. The summed E-state index contributed by atoms with van der Waals surface area (Å²) >= 11 is 0. The van der Waals surface area contributed by atoms with E-state index in [0.29, 0.717) is 29.0 Å². The van der Waals surface area contributed by atoms with Gasteiger partial charge in [-0.25, -0.2) is 0 Å². The fourth-order valence-corrected chi connectivity index (χ4v) is 8.25. The van der Waals surface area contributed by atoms with Gasteiger partial charge in [-0.2, -0.15) is 0 Å². The van der Waals surface area contributed by atoms with Crippen LogP contribution in [0.15, 0.2) is 0 Å². The Morgan fingerprint density at radius 3 is 1.56 bits per heavy atom. The molecule has 0 aromatic carbocycles. The molecule has 0 aromatic heterocycles. The van der Waals surface area contributed by atoms with Gasteiger partial charge in [0.25, 0.3) is 0 Å². The highest BCUT2D eigenvalue weighted by atomic mass is 28.3. The zero-order valence-corrected chi connectivity index (χ0v) is 14.4. The average molecular weight is 267 g/mol. The second-order valence-electron chi connectivity index (χ2n) is 6.67. The highest BCUT2D eigenvalue weighted by Gasteiger charge is 2.41. The van der Waals surface area contributed by atoms with E-state index in [9.17, 15) is 4.79 Å². The molecule has 0 aliphatic carbocycles. The number of Topliss-reactive ketones (excluding diaryl/α,β-unsaturated/α-hetero) is 1. The van der Waals surface area contributed by atoms with Crippen LogP contribution in [0.1, 0.15) is 61.8 Å². The van der Waals surface area contributed by atoms with Crippen molar-refractivity contribution in [2.45, 2.75) is 78.4 Å². The first-order chi connectivity index (χ1) is 8.14. The van der Waals surface area contributed by atoms with Gasteiger partial charge in [-0.1, -0.05) is 55.4 Å². The zero-order chi connectivity index (χ0) is 14.5. The van der Waals surface area contributed by atoms with Crippen LogP contribution in [-0.2, 0) is 4.79 Å². The van der Waals surface area contributed by atoms with Gasteiger partial charge in [-0.3, -0.25) is 4.79 Å². The summed E-state index contributed by atoms with van der Waals surface area (Å²) in [6, 6.07) is 0. The monoisotopic (exact) mass is 266 g/mol. The minimum atomic E-state index is -1.72. The Morgan fingerprint density at radius 1 is 0.889 bits per heavy atom. The SMILES string of the molecule is CC(C)CC(=O)C#C[Si](C(C)C)(C(C)C)C(C)C. The van der Waals surface area contributed by atoms with E-state index in [1.54, 1.807) is 0 Å². The van der Waals surface area contributed by atoms with Crippen LogP contribution in [0.3, 0.4) is 0 Å². The van der Waals surface area contributed by atoms with Gasteiger partial charge >= 0.3 is 0 Å². The Bertz CT molecular complexity index is 307. The molecule has 104 valence electrons. The number of ketones is 1.